The van der Waals surface area contributed by atoms with Crippen molar-refractivity contribution in [2.24, 2.45) is 0 Å². The number of benzene rings is 2. The summed E-state index contributed by atoms with van der Waals surface area (Å²) in [6, 6.07) is 15.6. The fourth-order valence-corrected chi connectivity index (χ4v) is 5.30. The van der Waals surface area contributed by atoms with Crippen LogP contribution in [0.2, 0.25) is 0 Å². The van der Waals surface area contributed by atoms with E-state index in [4.69, 9.17) is 0 Å². The molecule has 1 unspecified atom stereocenters. The molecule has 1 saturated heterocycles. The number of amides is 1. The quantitative estimate of drug-likeness (QED) is 0.689. The second-order valence-electron chi connectivity index (χ2n) is 7.03. The Kier molecular flexibility index (Phi) is 6.31. The largest absolute Gasteiger partial charge is 0.305 e. The number of hydrogen-bond acceptors (Lipinski definition) is 3. The van der Waals surface area contributed by atoms with E-state index in [1.807, 2.05) is 37.3 Å². The third-order valence-electron chi connectivity index (χ3n) is 5.05. The third kappa shape index (κ3) is 4.18. The summed E-state index contributed by atoms with van der Waals surface area (Å²) >= 11 is 0. The minimum absolute atomic E-state index is 0.0281. The normalized spacial score (nSPS) is 17.8. The van der Waals surface area contributed by atoms with Gasteiger partial charge in [-0.05, 0) is 50.1 Å². The van der Waals surface area contributed by atoms with Gasteiger partial charge in [0.05, 0.1) is 4.90 Å². The molecule has 0 bridgehead atoms. The third-order valence-corrected chi connectivity index (χ3v) is 7.06. The Labute approximate surface area is 167 Å². The highest BCUT2D eigenvalue weighted by molar-refractivity contribution is 7.89. The Morgan fingerprint density at radius 2 is 1.93 bits per heavy atom. The van der Waals surface area contributed by atoms with Gasteiger partial charge in [-0.25, -0.2) is 8.42 Å². The Hall–Kier alpha value is -2.44. The van der Waals surface area contributed by atoms with Crippen LogP contribution in [-0.2, 0) is 10.0 Å². The highest BCUT2D eigenvalue weighted by Gasteiger charge is 2.31. The molecule has 0 saturated carbocycles. The molecule has 1 heterocycles. The van der Waals surface area contributed by atoms with Crippen molar-refractivity contribution in [3.05, 3.63) is 72.8 Å². The summed E-state index contributed by atoms with van der Waals surface area (Å²) in [6.07, 6.45) is 4.42. The Morgan fingerprint density at radius 3 is 2.61 bits per heavy atom. The molecular weight excluding hydrogens is 372 g/mol. The topological polar surface area (TPSA) is 57.7 Å². The Bertz CT molecular complexity index is 941. The molecule has 5 nitrogen and oxygen atoms in total. The van der Waals surface area contributed by atoms with E-state index in [-0.39, 0.29) is 16.8 Å². The number of rotatable bonds is 6. The molecule has 1 fully saturated rings. The van der Waals surface area contributed by atoms with Gasteiger partial charge < -0.3 is 4.90 Å². The summed E-state index contributed by atoms with van der Waals surface area (Å²) < 4.78 is 27.8. The second kappa shape index (κ2) is 8.71. The van der Waals surface area contributed by atoms with Crippen molar-refractivity contribution in [3.63, 3.8) is 0 Å². The average Bonchev–Trinajstić information content (AvgIpc) is 2.72. The molecule has 6 heteroatoms. The lowest BCUT2D eigenvalue weighted by Gasteiger charge is -2.32. The number of para-hydroxylation sites is 1. The lowest BCUT2D eigenvalue weighted by atomic mass is 10.1. The number of nitrogens with zero attached hydrogens (tertiary/aromatic N) is 2. The molecule has 0 aliphatic carbocycles. The van der Waals surface area contributed by atoms with Crippen LogP contribution in [0.1, 0.15) is 36.5 Å². The monoisotopic (exact) mass is 398 g/mol. The summed E-state index contributed by atoms with van der Waals surface area (Å²) in [5.41, 5.74) is 1.08. The molecule has 0 radical (unpaired) electrons. The van der Waals surface area contributed by atoms with E-state index in [9.17, 15) is 13.2 Å². The minimum atomic E-state index is -3.63. The van der Waals surface area contributed by atoms with Crippen LogP contribution in [0, 0.1) is 0 Å². The number of carbonyl (C=O) groups excluding carboxylic acids is 1. The van der Waals surface area contributed by atoms with E-state index < -0.39 is 10.0 Å². The summed E-state index contributed by atoms with van der Waals surface area (Å²) in [6.45, 7) is 6.53. The van der Waals surface area contributed by atoms with E-state index in [1.165, 1.54) is 6.07 Å². The number of hydrogen-bond donors (Lipinski definition) is 0. The van der Waals surface area contributed by atoms with Crippen LogP contribution in [0.15, 0.2) is 72.1 Å². The van der Waals surface area contributed by atoms with Gasteiger partial charge in [-0.1, -0.05) is 36.8 Å². The summed E-state index contributed by atoms with van der Waals surface area (Å²) in [5.74, 6) is -0.255. The molecule has 3 rings (SSSR count). The van der Waals surface area contributed by atoms with E-state index in [2.05, 4.69) is 6.58 Å². The zero-order chi connectivity index (χ0) is 20.1. The molecule has 1 atom stereocenters. The molecule has 2 aromatic rings. The predicted molar refractivity (Wildman–Crippen MR) is 112 cm³/mol. The van der Waals surface area contributed by atoms with Gasteiger partial charge in [0.25, 0.3) is 5.91 Å². The summed E-state index contributed by atoms with van der Waals surface area (Å²) in [5, 5.41) is 0. The van der Waals surface area contributed by atoms with E-state index >= 15 is 0 Å². The van der Waals surface area contributed by atoms with Gasteiger partial charge in [0.1, 0.15) is 0 Å². The molecule has 28 heavy (non-hydrogen) atoms. The molecule has 0 N–H and O–H groups in total. The molecule has 1 amide bonds. The van der Waals surface area contributed by atoms with Crippen LogP contribution >= 0.6 is 0 Å². The van der Waals surface area contributed by atoms with E-state index in [1.54, 1.807) is 33.5 Å². The second-order valence-corrected chi connectivity index (χ2v) is 8.92. The van der Waals surface area contributed by atoms with Crippen LogP contribution in [-0.4, -0.2) is 37.8 Å². The van der Waals surface area contributed by atoms with Crippen LogP contribution < -0.4 is 4.90 Å². The predicted octanol–water partition coefficient (Wildman–Crippen LogP) is 4.08. The highest BCUT2D eigenvalue weighted by atomic mass is 32.2. The number of piperidine rings is 1. The first-order chi connectivity index (χ1) is 13.4. The van der Waals surface area contributed by atoms with E-state index in [0.717, 1.165) is 24.9 Å². The smallest absolute Gasteiger partial charge is 0.258 e. The molecule has 0 spiro atoms. The fourth-order valence-electron chi connectivity index (χ4n) is 3.55. The molecule has 0 aromatic heterocycles. The first-order valence-corrected chi connectivity index (χ1v) is 11.0. The van der Waals surface area contributed by atoms with Gasteiger partial charge in [0.2, 0.25) is 10.0 Å². The first kappa shape index (κ1) is 20.3. The van der Waals surface area contributed by atoms with Gasteiger partial charge in [0, 0.05) is 30.4 Å². The van der Waals surface area contributed by atoms with Crippen molar-refractivity contribution in [1.29, 1.82) is 0 Å². The SMILES string of the molecule is C=CCN(C(=O)c1cccc(S(=O)(=O)N2CCCCC2C)c1)c1ccccc1. The molecule has 2 aromatic carbocycles. The summed E-state index contributed by atoms with van der Waals surface area (Å²) in [7, 11) is -3.63. The summed E-state index contributed by atoms with van der Waals surface area (Å²) in [4.78, 5) is 14.9. The zero-order valence-electron chi connectivity index (χ0n) is 16.1. The van der Waals surface area contributed by atoms with Crippen molar-refractivity contribution in [2.45, 2.75) is 37.1 Å². The van der Waals surface area contributed by atoms with Crippen molar-refractivity contribution in [2.75, 3.05) is 18.0 Å². The van der Waals surface area contributed by atoms with Gasteiger partial charge in [0.15, 0.2) is 0 Å². The Balaban J connectivity index is 1.93. The zero-order valence-corrected chi connectivity index (χ0v) is 16.9. The lowest BCUT2D eigenvalue weighted by molar-refractivity contribution is 0.0989. The van der Waals surface area contributed by atoms with Gasteiger partial charge in [-0.15, -0.1) is 6.58 Å². The van der Waals surface area contributed by atoms with Crippen LogP contribution in [0.4, 0.5) is 5.69 Å². The molecule has 1 aliphatic rings. The highest BCUT2D eigenvalue weighted by Crippen LogP contribution is 2.26. The van der Waals surface area contributed by atoms with Crippen LogP contribution in [0.3, 0.4) is 0 Å². The number of anilines is 1. The van der Waals surface area contributed by atoms with Crippen molar-refractivity contribution in [1.82, 2.24) is 4.31 Å². The molecule has 148 valence electrons. The van der Waals surface area contributed by atoms with Crippen molar-refractivity contribution >= 4 is 21.6 Å². The standard InChI is InChI=1S/C22H26N2O3S/c1-3-15-23(20-12-5-4-6-13-20)22(25)19-11-9-14-21(17-19)28(26,27)24-16-8-7-10-18(24)2/h3-6,9,11-14,17-18H,1,7-8,10,15-16H2,2H3. The lowest BCUT2D eigenvalue weighted by Crippen LogP contribution is -2.42. The molecule has 1 aliphatic heterocycles. The van der Waals surface area contributed by atoms with Crippen molar-refractivity contribution < 1.29 is 13.2 Å². The van der Waals surface area contributed by atoms with Gasteiger partial charge in [-0.2, -0.15) is 4.31 Å². The van der Waals surface area contributed by atoms with E-state index in [0.29, 0.717) is 18.7 Å². The maximum Gasteiger partial charge on any atom is 0.258 e. The number of carbonyl (C=O) groups is 1. The number of sulfonamides is 1. The minimum Gasteiger partial charge on any atom is -0.305 e. The van der Waals surface area contributed by atoms with Crippen molar-refractivity contribution in [3.8, 4) is 0 Å². The Morgan fingerprint density at radius 1 is 1.18 bits per heavy atom. The maximum absolute atomic E-state index is 13.1. The average molecular weight is 399 g/mol. The maximum atomic E-state index is 13.1. The molecular formula is C22H26N2O3S. The van der Waals surface area contributed by atoms with Crippen LogP contribution in [0.25, 0.3) is 0 Å². The van der Waals surface area contributed by atoms with Crippen LogP contribution in [0.5, 0.6) is 0 Å². The first-order valence-electron chi connectivity index (χ1n) is 9.55. The fraction of sp³-hybridized carbons (Fsp3) is 0.318. The van der Waals surface area contributed by atoms with Gasteiger partial charge >= 0.3 is 0 Å². The van der Waals surface area contributed by atoms with Gasteiger partial charge in [-0.3, -0.25) is 4.79 Å².